The van der Waals surface area contributed by atoms with Crippen LogP contribution in [0.2, 0.25) is 0 Å². The molecule has 0 radical (unpaired) electrons. The van der Waals surface area contributed by atoms with Gasteiger partial charge in [-0.05, 0) is 182 Å². The summed E-state index contributed by atoms with van der Waals surface area (Å²) in [7, 11) is 0. The zero-order valence-electron chi connectivity index (χ0n) is 72.2. The summed E-state index contributed by atoms with van der Waals surface area (Å²) in [6.07, 6.45) is 0. The van der Waals surface area contributed by atoms with Gasteiger partial charge in [-0.25, -0.2) is 0 Å². The lowest BCUT2D eigenvalue weighted by atomic mass is 9.97. The van der Waals surface area contributed by atoms with Crippen LogP contribution in [0, 0.1) is 0 Å². The third kappa shape index (κ3) is 12.9. The van der Waals surface area contributed by atoms with Gasteiger partial charge in [0.1, 0.15) is 0 Å². The Kier molecular flexibility index (Phi) is 18.8. The molecule has 6 nitrogen and oxygen atoms in total. The molecule has 27 rings (SSSR count). The average molecular weight is 1680 g/mol. The van der Waals surface area contributed by atoms with Gasteiger partial charge in [0.05, 0.1) is 73.4 Å². The Labute approximate surface area is 766 Å². The Morgan fingerprint density at radius 3 is 0.879 bits per heavy atom. The highest BCUT2D eigenvalue weighted by molar-refractivity contribution is 6.19. The van der Waals surface area contributed by atoms with Crippen molar-refractivity contribution >= 4 is 116 Å². The van der Waals surface area contributed by atoms with E-state index in [-0.39, 0.29) is 0 Å². The summed E-state index contributed by atoms with van der Waals surface area (Å²) in [5.41, 5.74) is 39.6. The molecule has 0 atom stereocenters. The molecule has 0 saturated carbocycles. The molecule has 0 aliphatic carbocycles. The molecule has 0 N–H and O–H groups in total. The number of benzene rings is 21. The van der Waals surface area contributed by atoms with Gasteiger partial charge in [0, 0.05) is 100 Å². The van der Waals surface area contributed by atoms with Crippen LogP contribution in [0.15, 0.2) is 510 Å². The van der Waals surface area contributed by atoms with Gasteiger partial charge in [-0.1, -0.05) is 388 Å². The highest BCUT2D eigenvalue weighted by Gasteiger charge is 2.36. The van der Waals surface area contributed by atoms with Crippen LogP contribution in [0.1, 0.15) is 0 Å². The first-order valence-corrected chi connectivity index (χ1v) is 45.4. The zero-order valence-corrected chi connectivity index (χ0v) is 72.2. The molecule has 6 heterocycles. The van der Waals surface area contributed by atoms with Crippen LogP contribution < -0.4 is 14.7 Å². The maximum absolute atomic E-state index is 2.52. The van der Waals surface area contributed by atoms with Crippen molar-refractivity contribution in [3.05, 3.63) is 510 Å². The molecule has 6 heteroatoms. The Morgan fingerprint density at radius 1 is 0.129 bits per heavy atom. The number of hydrogen-bond donors (Lipinski definition) is 0. The maximum atomic E-state index is 2.52. The van der Waals surface area contributed by atoms with E-state index in [9.17, 15) is 0 Å². The largest absolute Gasteiger partial charge is 0.309 e. The number of anilines is 9. The van der Waals surface area contributed by atoms with Gasteiger partial charge in [-0.3, -0.25) is 0 Å². The van der Waals surface area contributed by atoms with Gasteiger partial charge in [0.25, 0.3) is 0 Å². The first kappa shape index (κ1) is 76.8. The van der Waals surface area contributed by atoms with E-state index in [1.54, 1.807) is 0 Å². The highest BCUT2D eigenvalue weighted by atomic mass is 15.2. The molecule has 0 bridgehead atoms. The maximum Gasteiger partial charge on any atom is 0.0641 e. The van der Waals surface area contributed by atoms with Gasteiger partial charge >= 0.3 is 0 Å². The van der Waals surface area contributed by atoms with E-state index < -0.39 is 0 Å². The van der Waals surface area contributed by atoms with Crippen molar-refractivity contribution in [2.45, 2.75) is 0 Å². The van der Waals surface area contributed by atoms with E-state index in [1.165, 1.54) is 194 Å². The van der Waals surface area contributed by atoms with E-state index >= 15 is 0 Å². The van der Waals surface area contributed by atoms with Crippen molar-refractivity contribution < 1.29 is 0 Å². The predicted molar refractivity (Wildman–Crippen MR) is 556 cm³/mol. The normalized spacial score (nSPS) is 12.0. The number of para-hydroxylation sites is 11. The first-order chi connectivity index (χ1) is 65.6. The second-order valence-electron chi connectivity index (χ2n) is 34.1. The molecule has 24 aromatic rings. The minimum atomic E-state index is 1.13. The lowest BCUT2D eigenvalue weighted by Gasteiger charge is -2.28. The SMILES string of the molecule is c1ccc(-c2ccc(-c3cccc(N4c5ccccc5-c5c(n(-c6ccccc6)c6ccccc56)-c5ccccc54)c3)cc2)cc1.c1ccc(-c2ccc(N3c4ccccc4-c4c(n(-c5cc6ccccc6c6ccccc56)c5ccccc45)-c4ccccc43)cc2)cc1.c1ccc(-n2c3c(c4ccccc42)-c2ccccc2N(c2ccc4ccccc4c2)c2ccccc2-3)cc1. The zero-order chi connectivity index (χ0) is 87.1. The lowest BCUT2D eigenvalue weighted by Crippen LogP contribution is -2.11. The molecule has 132 heavy (non-hydrogen) atoms. The Hall–Kier alpha value is -17.6. The van der Waals surface area contributed by atoms with E-state index in [1.807, 2.05) is 0 Å². The molecule has 3 aliphatic rings. The predicted octanol–water partition coefficient (Wildman–Crippen LogP) is 34.7. The topological polar surface area (TPSA) is 24.5 Å². The smallest absolute Gasteiger partial charge is 0.0641 e. The summed E-state index contributed by atoms with van der Waals surface area (Å²) in [4.78, 5) is 7.31. The molecule has 0 unspecified atom stereocenters. The minimum Gasteiger partial charge on any atom is -0.309 e. The number of rotatable bonds is 9. The standard InChI is InChI=1S/C46H30N2.C44H30N2.C36H24N2/c1-2-14-31(15-3-1)32-26-28-34(29-27-32)47-41-23-11-8-20-38(41)45-39-21-9-12-24-42(39)48(46(45)40-22-10-13-25-43(40)47)44-30-33-16-4-5-17-35(33)36-18-6-7-19-37(36)44;1-3-14-31(15-4-1)32-26-28-33(29-27-32)34-16-13-19-36(30-34)45-40-23-10-7-20-37(40)43-38-21-8-11-24-41(38)46(35-17-5-2-6-18-35)44(43)39-22-9-12-25-42(39)45;1-2-14-27(15-3-1)38-33-20-10-7-17-30(33)35-29-16-6-9-19-32(29)37(34-21-11-8-18-31(34)36(35)38)28-23-22-25-12-4-5-13-26(25)24-28/h1-30H;1-30H;1-24H. The quantitative estimate of drug-likeness (QED) is 0.135. The van der Waals surface area contributed by atoms with Crippen LogP contribution in [0.25, 0.3) is 183 Å². The Morgan fingerprint density at radius 2 is 0.417 bits per heavy atom. The van der Waals surface area contributed by atoms with E-state index in [2.05, 4.69) is 538 Å². The molecule has 0 fully saturated rings. The number of fused-ring (bicyclic) bond motifs is 25. The van der Waals surface area contributed by atoms with Crippen molar-refractivity contribution in [1.82, 2.24) is 13.7 Å². The average Bonchev–Trinajstić information content (AvgIpc) is 1.56. The summed E-state index contributed by atoms with van der Waals surface area (Å²) in [5.74, 6) is 0. The van der Waals surface area contributed by atoms with Crippen LogP contribution >= 0.6 is 0 Å². The first-order valence-electron chi connectivity index (χ1n) is 45.4. The second-order valence-corrected chi connectivity index (χ2v) is 34.1. The van der Waals surface area contributed by atoms with Gasteiger partial charge in [-0.2, -0.15) is 0 Å². The molecule has 0 saturated heterocycles. The van der Waals surface area contributed by atoms with Crippen LogP contribution in [0.3, 0.4) is 0 Å². The molecular weight excluding hydrogens is 1600 g/mol. The third-order valence-electron chi connectivity index (χ3n) is 26.7. The Bertz CT molecular complexity index is 8580. The van der Waals surface area contributed by atoms with Gasteiger partial charge < -0.3 is 28.4 Å². The van der Waals surface area contributed by atoms with E-state index in [4.69, 9.17) is 0 Å². The summed E-state index contributed by atoms with van der Waals surface area (Å²) in [6.45, 7) is 0. The number of hydrogen-bond acceptors (Lipinski definition) is 3. The van der Waals surface area contributed by atoms with Gasteiger partial charge in [0.2, 0.25) is 0 Å². The molecular formula is C126H84N6. The number of aromatic nitrogens is 3. The third-order valence-corrected chi connectivity index (χ3v) is 26.7. The molecule has 3 aliphatic heterocycles. The lowest BCUT2D eigenvalue weighted by molar-refractivity contribution is 1.13. The van der Waals surface area contributed by atoms with Gasteiger partial charge in [0.15, 0.2) is 0 Å². The Balaban J connectivity index is 0.000000107. The van der Waals surface area contributed by atoms with Crippen molar-refractivity contribution in [2.24, 2.45) is 0 Å². The summed E-state index contributed by atoms with van der Waals surface area (Å²) in [5, 5.41) is 11.2. The van der Waals surface area contributed by atoms with Crippen molar-refractivity contribution in [3.63, 3.8) is 0 Å². The summed E-state index contributed by atoms with van der Waals surface area (Å²) >= 11 is 0. The minimum absolute atomic E-state index is 1.13. The van der Waals surface area contributed by atoms with Gasteiger partial charge in [-0.15, -0.1) is 0 Å². The fourth-order valence-corrected chi connectivity index (χ4v) is 21.0. The monoisotopic (exact) mass is 1680 g/mol. The summed E-state index contributed by atoms with van der Waals surface area (Å²) < 4.78 is 7.40. The fraction of sp³-hybridized carbons (Fsp3) is 0. The molecule has 3 aromatic heterocycles. The fourth-order valence-electron chi connectivity index (χ4n) is 21.0. The van der Waals surface area contributed by atoms with Crippen LogP contribution in [0.5, 0.6) is 0 Å². The van der Waals surface area contributed by atoms with Crippen LogP contribution in [-0.2, 0) is 0 Å². The highest BCUT2D eigenvalue weighted by Crippen LogP contribution is 2.59. The van der Waals surface area contributed by atoms with Crippen LogP contribution in [0.4, 0.5) is 51.2 Å². The van der Waals surface area contributed by atoms with Crippen molar-refractivity contribution in [2.75, 3.05) is 14.7 Å². The molecule has 0 amide bonds. The van der Waals surface area contributed by atoms with Crippen molar-refractivity contribution in [3.8, 4) is 118 Å². The van der Waals surface area contributed by atoms with E-state index in [0.29, 0.717) is 0 Å². The second kappa shape index (κ2) is 32.4. The molecule has 618 valence electrons. The molecule has 21 aromatic carbocycles. The van der Waals surface area contributed by atoms with E-state index in [0.717, 1.165) is 39.8 Å². The number of nitrogens with zero attached hydrogens (tertiary/aromatic N) is 6. The summed E-state index contributed by atoms with van der Waals surface area (Å²) in [6, 6.07) is 184. The van der Waals surface area contributed by atoms with Crippen molar-refractivity contribution in [1.29, 1.82) is 0 Å². The molecule has 0 spiro atoms. The van der Waals surface area contributed by atoms with Crippen LogP contribution in [-0.4, -0.2) is 13.7 Å².